The summed E-state index contributed by atoms with van der Waals surface area (Å²) in [4.78, 5) is 17.4. The molecule has 1 fully saturated rings. The lowest BCUT2D eigenvalue weighted by Crippen LogP contribution is -2.57. The molecule has 0 aliphatic carbocycles. The van der Waals surface area contributed by atoms with Gasteiger partial charge in [-0.2, -0.15) is 13.2 Å². The number of amides is 1. The third kappa shape index (κ3) is 5.34. The standard InChI is InChI=1S/C24H30B3ClF3N3O3S/c1-32-38(2,36)20-6-4-16(14-18(20)23(29,30)31)37-12-11-33-9-7-22(8-10-33)17-13-15(28)3-5-19(17)34(21(22)35)24(25,26)27/h3-6,13-14H,7-12,25-27H2,1-2H3. The number of ether oxygens (including phenoxy) is 1. The van der Waals surface area contributed by atoms with Gasteiger partial charge in [-0.25, -0.2) is 8.57 Å². The van der Waals surface area contributed by atoms with Crippen LogP contribution in [0.5, 0.6) is 5.75 Å². The highest BCUT2D eigenvalue weighted by Gasteiger charge is 2.54. The number of nitrogens with zero attached hydrogens (tertiary/aromatic N) is 3. The Morgan fingerprint density at radius 1 is 1.13 bits per heavy atom. The lowest BCUT2D eigenvalue weighted by atomic mass is 9.48. The number of piperidine rings is 1. The first kappa shape index (κ1) is 28.9. The van der Waals surface area contributed by atoms with Crippen molar-refractivity contribution in [3.05, 3.63) is 52.5 Å². The zero-order valence-electron chi connectivity index (χ0n) is 22.2. The van der Waals surface area contributed by atoms with E-state index in [0.717, 1.165) is 17.3 Å². The van der Waals surface area contributed by atoms with Crippen LogP contribution in [0.25, 0.3) is 0 Å². The largest absolute Gasteiger partial charge is 0.492 e. The van der Waals surface area contributed by atoms with Crippen LogP contribution in [-0.2, 0) is 26.1 Å². The number of alkyl halides is 3. The lowest BCUT2D eigenvalue weighted by Gasteiger charge is -2.40. The van der Waals surface area contributed by atoms with E-state index in [-0.39, 0.29) is 28.4 Å². The van der Waals surface area contributed by atoms with Gasteiger partial charge in [0.1, 0.15) is 35.9 Å². The molecule has 2 aromatic rings. The number of anilines is 1. The van der Waals surface area contributed by atoms with E-state index >= 15 is 0 Å². The van der Waals surface area contributed by atoms with Gasteiger partial charge in [-0.05, 0) is 73.1 Å². The van der Waals surface area contributed by atoms with Gasteiger partial charge >= 0.3 is 6.18 Å². The molecular formula is C24H30B3ClF3N3O3S. The van der Waals surface area contributed by atoms with Crippen molar-refractivity contribution in [1.29, 1.82) is 0 Å². The Balaban J connectivity index is 1.44. The van der Waals surface area contributed by atoms with Crippen molar-refractivity contribution in [3.63, 3.8) is 0 Å². The molecule has 2 aliphatic heterocycles. The maximum absolute atomic E-state index is 13.8. The van der Waals surface area contributed by atoms with Crippen LogP contribution in [0, 0.1) is 0 Å². The fourth-order valence-corrected chi connectivity index (χ4v) is 6.65. The summed E-state index contributed by atoms with van der Waals surface area (Å²) in [5.41, 5.74) is 0.222. The van der Waals surface area contributed by atoms with E-state index in [1.165, 1.54) is 25.4 Å². The molecule has 202 valence electrons. The minimum absolute atomic E-state index is 0.0521. The van der Waals surface area contributed by atoms with Gasteiger partial charge in [0.15, 0.2) is 0 Å². The van der Waals surface area contributed by atoms with Gasteiger partial charge in [0, 0.05) is 30.6 Å². The second-order valence-electron chi connectivity index (χ2n) is 10.9. The number of carbonyl (C=O) groups excluding carboxylic acids is 1. The molecule has 1 spiro atoms. The molecule has 6 nitrogen and oxygen atoms in total. The Hall–Kier alpha value is -2.11. The second-order valence-corrected chi connectivity index (χ2v) is 13.7. The summed E-state index contributed by atoms with van der Waals surface area (Å²) in [7, 11) is 4.12. The highest BCUT2D eigenvalue weighted by atomic mass is 35.5. The molecule has 4 rings (SSSR count). The van der Waals surface area contributed by atoms with E-state index in [1.54, 1.807) is 0 Å². The lowest BCUT2D eigenvalue weighted by molar-refractivity contribution is -0.140. The number of carbonyl (C=O) groups is 1. The fraction of sp³-hybridized carbons (Fsp3) is 0.458. The maximum Gasteiger partial charge on any atom is 0.417 e. The minimum Gasteiger partial charge on any atom is -0.492 e. The van der Waals surface area contributed by atoms with Crippen molar-refractivity contribution < 1.29 is 26.9 Å². The Morgan fingerprint density at radius 2 is 1.79 bits per heavy atom. The van der Waals surface area contributed by atoms with Crippen molar-refractivity contribution >= 4 is 56.5 Å². The van der Waals surface area contributed by atoms with Crippen LogP contribution in [0.4, 0.5) is 18.9 Å². The topological polar surface area (TPSA) is 62.2 Å². The first-order valence-corrected chi connectivity index (χ1v) is 14.7. The smallest absolute Gasteiger partial charge is 0.417 e. The number of likely N-dealkylation sites (tertiary alicyclic amines) is 1. The molecule has 0 N–H and O–H groups in total. The molecule has 0 radical (unpaired) electrons. The zero-order chi connectivity index (χ0) is 28.1. The van der Waals surface area contributed by atoms with E-state index in [2.05, 4.69) is 9.26 Å². The summed E-state index contributed by atoms with van der Waals surface area (Å²) in [6.45, 7) is 1.95. The third-order valence-electron chi connectivity index (χ3n) is 7.40. The normalized spacial score (nSPS) is 19.3. The van der Waals surface area contributed by atoms with E-state index in [4.69, 9.17) is 16.3 Å². The SMILES string of the molecule is BC(B)(B)N1C(=O)C2(CCN(CCOc3ccc(S(C)(=O)=NC)c(C(F)(F)F)c3)CC2)c2cc(Cl)ccc21. The van der Waals surface area contributed by atoms with Gasteiger partial charge in [-0.15, -0.1) is 0 Å². The summed E-state index contributed by atoms with van der Waals surface area (Å²) < 4.78 is 62.7. The summed E-state index contributed by atoms with van der Waals surface area (Å²) in [5.74, 6) is 0.139. The quantitative estimate of drug-likeness (QED) is 0.501. The van der Waals surface area contributed by atoms with Crippen molar-refractivity contribution in [2.24, 2.45) is 4.36 Å². The monoisotopic (exact) mass is 565 g/mol. The van der Waals surface area contributed by atoms with Gasteiger partial charge in [-0.3, -0.25) is 9.69 Å². The van der Waals surface area contributed by atoms with E-state index in [9.17, 15) is 22.2 Å². The summed E-state index contributed by atoms with van der Waals surface area (Å²) in [6, 6.07) is 9.08. The Labute approximate surface area is 229 Å². The van der Waals surface area contributed by atoms with Gasteiger partial charge in [0.2, 0.25) is 5.91 Å². The van der Waals surface area contributed by atoms with E-state index in [1.807, 2.05) is 46.6 Å². The Morgan fingerprint density at radius 3 is 2.37 bits per heavy atom. The number of hydrogen-bond acceptors (Lipinski definition) is 5. The average Bonchev–Trinajstić information content (AvgIpc) is 3.07. The molecule has 1 unspecified atom stereocenters. The fourth-order valence-electron chi connectivity index (χ4n) is 5.37. The van der Waals surface area contributed by atoms with Crippen LogP contribution in [-0.4, -0.2) is 83.3 Å². The van der Waals surface area contributed by atoms with Gasteiger partial charge in [0.25, 0.3) is 0 Å². The molecule has 38 heavy (non-hydrogen) atoms. The number of hydrogen-bond donors (Lipinski definition) is 0. The van der Waals surface area contributed by atoms with Crippen molar-refractivity contribution in [2.45, 2.75) is 34.6 Å². The Kier molecular flexibility index (Phi) is 7.71. The minimum atomic E-state index is -4.69. The highest BCUT2D eigenvalue weighted by molar-refractivity contribution is 7.93. The second kappa shape index (κ2) is 10.1. The van der Waals surface area contributed by atoms with Crippen LogP contribution in [0.15, 0.2) is 45.7 Å². The summed E-state index contributed by atoms with van der Waals surface area (Å²) in [5, 5.41) is 0.216. The molecule has 0 aromatic heterocycles. The molecule has 2 aromatic carbocycles. The molecule has 2 heterocycles. The van der Waals surface area contributed by atoms with Crippen LogP contribution in [0.2, 0.25) is 5.02 Å². The number of rotatable bonds is 6. The van der Waals surface area contributed by atoms with Crippen molar-refractivity contribution in [1.82, 2.24) is 4.90 Å². The molecule has 14 heteroatoms. The molecule has 0 saturated carbocycles. The summed E-state index contributed by atoms with van der Waals surface area (Å²) in [6.07, 6.45) is -2.27. The highest BCUT2D eigenvalue weighted by Crippen LogP contribution is 2.50. The van der Waals surface area contributed by atoms with Crippen LogP contribution < -0.4 is 9.64 Å². The Bertz CT molecular complexity index is 1370. The van der Waals surface area contributed by atoms with Crippen molar-refractivity contribution in [3.8, 4) is 5.75 Å². The summed E-state index contributed by atoms with van der Waals surface area (Å²) >= 11 is 6.32. The first-order valence-electron chi connectivity index (χ1n) is 12.4. The van der Waals surface area contributed by atoms with Gasteiger partial charge in [-0.1, -0.05) is 11.6 Å². The maximum atomic E-state index is 13.8. The molecule has 2 aliphatic rings. The van der Waals surface area contributed by atoms with E-state index < -0.39 is 26.9 Å². The molecule has 0 bridgehead atoms. The van der Waals surface area contributed by atoms with Crippen LogP contribution >= 0.6 is 11.6 Å². The van der Waals surface area contributed by atoms with Crippen LogP contribution in [0.1, 0.15) is 24.0 Å². The zero-order valence-corrected chi connectivity index (χ0v) is 23.8. The molecule has 1 amide bonds. The number of fused-ring (bicyclic) bond motifs is 2. The molecular weight excluding hydrogens is 535 g/mol. The number of halogens is 4. The molecule has 1 saturated heterocycles. The average molecular weight is 565 g/mol. The van der Waals surface area contributed by atoms with Gasteiger partial charge in [0.05, 0.1) is 25.6 Å². The molecule has 1 atom stereocenters. The first-order chi connectivity index (χ1) is 17.6. The van der Waals surface area contributed by atoms with Gasteiger partial charge < -0.3 is 9.64 Å². The van der Waals surface area contributed by atoms with E-state index in [0.29, 0.717) is 37.5 Å². The van der Waals surface area contributed by atoms with Crippen molar-refractivity contribution in [2.75, 3.05) is 44.4 Å². The third-order valence-corrected chi connectivity index (χ3v) is 9.50. The predicted octanol–water partition coefficient (Wildman–Crippen LogP) is 1.72. The number of benzene rings is 2. The predicted molar refractivity (Wildman–Crippen MR) is 152 cm³/mol. The van der Waals surface area contributed by atoms with Crippen LogP contribution in [0.3, 0.4) is 0 Å².